The predicted molar refractivity (Wildman–Crippen MR) is 119 cm³/mol. The molecule has 3 atom stereocenters. The molecule has 160 valence electrons. The van der Waals surface area contributed by atoms with E-state index >= 15 is 0 Å². The van der Waals surface area contributed by atoms with Gasteiger partial charge in [-0.2, -0.15) is 0 Å². The molecule has 2 aliphatic heterocycles. The number of carbonyl (C=O) groups is 2. The number of β-lactam (4-membered cyclic amide) rings is 1. The Balaban J connectivity index is 0.000000370. The quantitative estimate of drug-likeness (QED) is 0.630. The summed E-state index contributed by atoms with van der Waals surface area (Å²) >= 11 is 2.70. The second-order valence-corrected chi connectivity index (χ2v) is 9.43. The molecule has 0 bridgehead atoms. The fourth-order valence-electron chi connectivity index (χ4n) is 3.28. The van der Waals surface area contributed by atoms with Crippen LogP contribution in [0.25, 0.3) is 0 Å². The van der Waals surface area contributed by atoms with Crippen molar-refractivity contribution in [3.05, 3.63) is 39.8 Å². The van der Waals surface area contributed by atoms with Crippen molar-refractivity contribution in [1.82, 2.24) is 9.80 Å². The van der Waals surface area contributed by atoms with Crippen LogP contribution in [-0.4, -0.2) is 63.0 Å². The lowest BCUT2D eigenvalue weighted by molar-refractivity contribution is -0.156. The number of carboxylic acid groups (broad SMARTS) is 1. The first kappa shape index (κ1) is 23.8. The van der Waals surface area contributed by atoms with E-state index in [1.54, 1.807) is 6.92 Å². The molecule has 1 aromatic rings. The van der Waals surface area contributed by atoms with Crippen LogP contribution >= 0.6 is 23.5 Å². The predicted octanol–water partition coefficient (Wildman–Crippen LogP) is 3.60. The van der Waals surface area contributed by atoms with E-state index < -0.39 is 18.0 Å². The first-order valence-corrected chi connectivity index (χ1v) is 11.6. The third-order valence-corrected chi connectivity index (χ3v) is 7.57. The molecule has 0 radical (unpaired) electrons. The minimum atomic E-state index is -1.11. The molecule has 8 heteroatoms. The average molecular weight is 439 g/mol. The molecule has 2 aliphatic rings. The fourth-order valence-corrected chi connectivity index (χ4v) is 6.26. The summed E-state index contributed by atoms with van der Waals surface area (Å²) in [5.74, 6) is -1.96. The summed E-state index contributed by atoms with van der Waals surface area (Å²) in [5.41, 5.74) is 1.12. The maximum absolute atomic E-state index is 12.1. The first-order valence-electron chi connectivity index (χ1n) is 9.87. The summed E-state index contributed by atoms with van der Waals surface area (Å²) in [7, 11) is 0. The highest BCUT2D eigenvalue weighted by Crippen LogP contribution is 2.55. The van der Waals surface area contributed by atoms with Crippen molar-refractivity contribution in [3.63, 3.8) is 0 Å². The van der Waals surface area contributed by atoms with Crippen molar-refractivity contribution in [2.45, 2.75) is 51.0 Å². The second-order valence-electron chi connectivity index (χ2n) is 6.96. The topological polar surface area (TPSA) is 81.1 Å². The summed E-state index contributed by atoms with van der Waals surface area (Å²) in [6.07, 6.45) is -0.778. The van der Waals surface area contributed by atoms with E-state index in [-0.39, 0.29) is 17.0 Å². The highest BCUT2D eigenvalue weighted by atomic mass is 32.2. The Kier molecular flexibility index (Phi) is 8.63. The molecule has 1 saturated heterocycles. The molecule has 3 rings (SSSR count). The lowest BCUT2D eigenvalue weighted by Gasteiger charge is -2.43. The van der Waals surface area contributed by atoms with Gasteiger partial charge in [0.25, 0.3) is 0 Å². The molecular formula is C21H30N2O4S2. The van der Waals surface area contributed by atoms with E-state index in [0.29, 0.717) is 4.24 Å². The summed E-state index contributed by atoms with van der Waals surface area (Å²) in [6.45, 7) is 13.7. The van der Waals surface area contributed by atoms with Gasteiger partial charge in [-0.05, 0) is 45.6 Å². The molecule has 2 heterocycles. The molecule has 0 spiro atoms. The fraction of sp³-hybridized carbons (Fsp3) is 0.524. The van der Waals surface area contributed by atoms with Crippen LogP contribution in [-0.2, 0) is 9.59 Å². The monoisotopic (exact) mass is 438 g/mol. The van der Waals surface area contributed by atoms with E-state index in [1.807, 2.05) is 31.2 Å². The van der Waals surface area contributed by atoms with Gasteiger partial charge in [-0.1, -0.05) is 62.0 Å². The normalized spacial score (nSPS) is 21.5. The maximum atomic E-state index is 12.1. The molecular weight excluding hydrogens is 408 g/mol. The number of aryl methyl sites for hydroxylation is 1. The number of aliphatic hydroxyl groups is 1. The van der Waals surface area contributed by atoms with Gasteiger partial charge in [-0.25, -0.2) is 4.79 Å². The van der Waals surface area contributed by atoms with E-state index in [9.17, 15) is 19.8 Å². The second kappa shape index (κ2) is 10.5. The van der Waals surface area contributed by atoms with Crippen LogP contribution < -0.4 is 0 Å². The number of carboxylic acids is 1. The van der Waals surface area contributed by atoms with Gasteiger partial charge in [0.1, 0.15) is 5.37 Å². The third kappa shape index (κ3) is 5.36. The molecule has 1 amide bonds. The van der Waals surface area contributed by atoms with Crippen LogP contribution in [0.1, 0.15) is 33.3 Å². The zero-order valence-electron chi connectivity index (χ0n) is 17.6. The molecule has 0 aromatic heterocycles. The largest absolute Gasteiger partial charge is 0.477 e. The van der Waals surface area contributed by atoms with Crippen LogP contribution in [0, 0.1) is 12.8 Å². The minimum Gasteiger partial charge on any atom is -0.477 e. The molecule has 1 fully saturated rings. The third-order valence-electron chi connectivity index (χ3n) is 5.01. The van der Waals surface area contributed by atoms with E-state index in [4.69, 9.17) is 0 Å². The first-order chi connectivity index (χ1) is 13.7. The van der Waals surface area contributed by atoms with Gasteiger partial charge in [0.15, 0.2) is 5.70 Å². The van der Waals surface area contributed by atoms with Crippen LogP contribution in [0.4, 0.5) is 0 Å². The number of rotatable bonds is 7. The van der Waals surface area contributed by atoms with E-state index in [1.165, 1.54) is 48.1 Å². The Bertz CT molecular complexity index is 772. The molecule has 6 nitrogen and oxygen atoms in total. The number of aliphatic carboxylic acids is 1. The molecule has 0 aliphatic carbocycles. The van der Waals surface area contributed by atoms with Crippen LogP contribution in [0.3, 0.4) is 0 Å². The lowest BCUT2D eigenvalue weighted by Crippen LogP contribution is -2.60. The standard InChI is InChI=1S/C15H15NO4S2.C6H15N/c1-7-4-3-5-9(6-7)21-15-11(14(19)20)16-12(18)10(8(2)17)13(16)22-15;1-4-7(5-2)6-3/h3-6,8,10,13,17H,1-2H3,(H,19,20);4-6H2,1-3H3/t8-,10+,13-;/m1./s1. The number of carbonyl (C=O) groups excluding carboxylic acids is 1. The van der Waals surface area contributed by atoms with Crippen molar-refractivity contribution in [3.8, 4) is 0 Å². The number of hydrogen-bond donors (Lipinski definition) is 2. The Labute approximate surface area is 181 Å². The Morgan fingerprint density at radius 1 is 1.28 bits per heavy atom. The van der Waals surface area contributed by atoms with E-state index in [0.717, 1.165) is 10.5 Å². The number of aliphatic hydroxyl groups excluding tert-OH is 1. The van der Waals surface area contributed by atoms with Gasteiger partial charge in [0, 0.05) is 4.90 Å². The molecule has 0 unspecified atom stereocenters. The summed E-state index contributed by atoms with van der Waals surface area (Å²) in [6, 6.07) is 7.77. The average Bonchev–Trinajstić information content (AvgIpc) is 2.97. The molecule has 1 aromatic carbocycles. The number of nitrogens with zero attached hydrogens (tertiary/aromatic N) is 2. The zero-order valence-corrected chi connectivity index (χ0v) is 19.2. The minimum absolute atomic E-state index is 0.0309. The highest BCUT2D eigenvalue weighted by Gasteiger charge is 2.57. The van der Waals surface area contributed by atoms with Crippen molar-refractivity contribution in [2.75, 3.05) is 19.6 Å². The molecule has 29 heavy (non-hydrogen) atoms. The van der Waals surface area contributed by atoms with Crippen molar-refractivity contribution >= 4 is 35.4 Å². The number of thioether (sulfide) groups is 2. The smallest absolute Gasteiger partial charge is 0.354 e. The van der Waals surface area contributed by atoms with Gasteiger partial charge < -0.3 is 15.1 Å². The van der Waals surface area contributed by atoms with Gasteiger partial charge in [-0.3, -0.25) is 9.69 Å². The van der Waals surface area contributed by atoms with Crippen molar-refractivity contribution in [2.24, 2.45) is 5.92 Å². The van der Waals surface area contributed by atoms with Crippen molar-refractivity contribution in [1.29, 1.82) is 0 Å². The maximum Gasteiger partial charge on any atom is 0.354 e. The number of amides is 1. The van der Waals surface area contributed by atoms with Gasteiger partial charge in [-0.15, -0.1) is 0 Å². The summed E-state index contributed by atoms with van der Waals surface area (Å²) < 4.78 is 0.597. The van der Waals surface area contributed by atoms with Crippen LogP contribution in [0.15, 0.2) is 39.1 Å². The lowest BCUT2D eigenvalue weighted by atomic mass is 9.92. The Hall–Kier alpha value is -1.48. The van der Waals surface area contributed by atoms with Gasteiger partial charge in [0.05, 0.1) is 16.3 Å². The van der Waals surface area contributed by atoms with Gasteiger partial charge >= 0.3 is 5.97 Å². The van der Waals surface area contributed by atoms with Crippen LogP contribution in [0.2, 0.25) is 0 Å². The van der Waals surface area contributed by atoms with Crippen LogP contribution in [0.5, 0.6) is 0 Å². The van der Waals surface area contributed by atoms with Gasteiger partial charge in [0.2, 0.25) is 5.91 Å². The Morgan fingerprint density at radius 3 is 2.34 bits per heavy atom. The molecule has 0 saturated carbocycles. The molecule has 2 N–H and O–H groups in total. The van der Waals surface area contributed by atoms with Crippen molar-refractivity contribution < 1.29 is 19.8 Å². The van der Waals surface area contributed by atoms with E-state index in [2.05, 4.69) is 25.7 Å². The summed E-state index contributed by atoms with van der Waals surface area (Å²) in [5, 5.41) is 18.8. The summed E-state index contributed by atoms with van der Waals surface area (Å²) in [4.78, 5) is 28.2. The number of hydrogen-bond acceptors (Lipinski definition) is 6. The highest BCUT2D eigenvalue weighted by molar-refractivity contribution is 8.22. The SMILES string of the molecule is CCN(CC)CC.Cc1cccc(SC2=C(C(=O)O)N3C(=O)[C@H]([C@@H](C)O)[C@H]3S2)c1. The number of fused-ring (bicyclic) bond motifs is 1. The number of benzene rings is 1. The Morgan fingerprint density at radius 2 is 1.90 bits per heavy atom. The zero-order chi connectivity index (χ0) is 21.7.